The molecule has 1 saturated heterocycles. The molecule has 2 aromatic carbocycles. The Kier molecular flexibility index (Phi) is 6.39. The van der Waals surface area contributed by atoms with Gasteiger partial charge in [-0.15, -0.1) is 0 Å². The third-order valence-corrected chi connectivity index (χ3v) is 7.14. The first kappa shape index (κ1) is 23.3. The van der Waals surface area contributed by atoms with Crippen molar-refractivity contribution in [2.24, 2.45) is 0 Å². The second-order valence-electron chi connectivity index (χ2n) is 9.36. The third kappa shape index (κ3) is 4.46. The number of amides is 1. The van der Waals surface area contributed by atoms with Crippen molar-refractivity contribution in [2.75, 3.05) is 6.54 Å². The molecular formula is C26H29ClN2O5. The fraction of sp³-hybridized carbons (Fsp3) is 0.423. The highest BCUT2D eigenvalue weighted by molar-refractivity contribution is 6.35. The maximum atomic E-state index is 11.4. The normalized spacial score (nSPS) is 27.1. The second kappa shape index (κ2) is 9.32. The number of benzene rings is 2. The lowest BCUT2D eigenvalue weighted by Gasteiger charge is -2.41. The van der Waals surface area contributed by atoms with Crippen LogP contribution in [0.25, 0.3) is 10.9 Å². The molecule has 1 aliphatic heterocycles. The van der Waals surface area contributed by atoms with E-state index in [-0.39, 0.29) is 12.5 Å². The van der Waals surface area contributed by atoms with Crippen molar-refractivity contribution in [1.29, 1.82) is 0 Å². The minimum atomic E-state index is -1.44. The van der Waals surface area contributed by atoms with Gasteiger partial charge in [-0.3, -0.25) is 4.79 Å². The molecule has 34 heavy (non-hydrogen) atoms. The average molecular weight is 485 g/mol. The van der Waals surface area contributed by atoms with Crippen LogP contribution in [-0.4, -0.2) is 56.8 Å². The van der Waals surface area contributed by atoms with Crippen molar-refractivity contribution in [1.82, 2.24) is 9.88 Å². The summed E-state index contributed by atoms with van der Waals surface area (Å²) in [5.74, 6) is 0.420. The van der Waals surface area contributed by atoms with Gasteiger partial charge in [-0.1, -0.05) is 41.9 Å². The van der Waals surface area contributed by atoms with Gasteiger partial charge in [0, 0.05) is 25.1 Å². The molecule has 1 aliphatic carbocycles. The monoisotopic (exact) mass is 484 g/mol. The molecule has 5 rings (SSSR count). The zero-order valence-electron chi connectivity index (χ0n) is 18.9. The van der Waals surface area contributed by atoms with E-state index in [0.717, 1.165) is 22.0 Å². The highest BCUT2D eigenvalue weighted by atomic mass is 35.5. The summed E-state index contributed by atoms with van der Waals surface area (Å²) < 4.78 is 7.78. The van der Waals surface area contributed by atoms with Crippen LogP contribution in [0.2, 0.25) is 5.02 Å². The molecule has 3 aromatic rings. The quantitative estimate of drug-likeness (QED) is 0.431. The predicted octanol–water partition coefficient (Wildman–Crippen LogP) is 2.88. The Balaban J connectivity index is 1.49. The first-order chi connectivity index (χ1) is 16.3. The SMILES string of the molecule is CC(=O)NCC1OC(n2cc(Cc3ccc(C4CC4)cc3)c3c(Cl)cccc32)C(O)C(O)C1O. The molecule has 7 nitrogen and oxygen atoms in total. The highest BCUT2D eigenvalue weighted by Crippen LogP contribution is 2.40. The number of fused-ring (bicyclic) bond motifs is 1. The molecule has 1 amide bonds. The predicted molar refractivity (Wildman–Crippen MR) is 129 cm³/mol. The molecule has 4 N–H and O–H groups in total. The Morgan fingerprint density at radius 2 is 1.82 bits per heavy atom. The van der Waals surface area contributed by atoms with Gasteiger partial charge in [-0.25, -0.2) is 0 Å². The summed E-state index contributed by atoms with van der Waals surface area (Å²) in [6.07, 6.45) is -0.956. The molecule has 2 heterocycles. The minimum Gasteiger partial charge on any atom is -0.388 e. The van der Waals surface area contributed by atoms with Crippen LogP contribution in [0.5, 0.6) is 0 Å². The lowest BCUT2D eigenvalue weighted by atomic mass is 9.97. The molecule has 1 saturated carbocycles. The van der Waals surface area contributed by atoms with Crippen LogP contribution in [0.1, 0.15) is 48.6 Å². The van der Waals surface area contributed by atoms with Crippen molar-refractivity contribution in [3.8, 4) is 0 Å². The number of hydrogen-bond donors (Lipinski definition) is 4. The van der Waals surface area contributed by atoms with E-state index in [9.17, 15) is 20.1 Å². The topological polar surface area (TPSA) is 104 Å². The summed E-state index contributed by atoms with van der Waals surface area (Å²) in [6.45, 7) is 1.37. The van der Waals surface area contributed by atoms with Crippen LogP contribution < -0.4 is 5.32 Å². The Morgan fingerprint density at radius 1 is 1.09 bits per heavy atom. The molecule has 180 valence electrons. The first-order valence-corrected chi connectivity index (χ1v) is 12.0. The summed E-state index contributed by atoms with van der Waals surface area (Å²) in [4.78, 5) is 11.4. The van der Waals surface area contributed by atoms with Gasteiger partial charge in [-0.2, -0.15) is 0 Å². The Bertz CT molecular complexity index is 1190. The summed E-state index contributed by atoms with van der Waals surface area (Å²) in [6, 6.07) is 14.2. The number of aliphatic hydroxyl groups excluding tert-OH is 3. The van der Waals surface area contributed by atoms with Gasteiger partial charge in [0.2, 0.25) is 5.91 Å². The number of nitrogens with zero attached hydrogens (tertiary/aromatic N) is 1. The van der Waals surface area contributed by atoms with Gasteiger partial charge in [0.25, 0.3) is 0 Å². The molecule has 5 atom stereocenters. The zero-order chi connectivity index (χ0) is 24.0. The van der Waals surface area contributed by atoms with Crippen LogP contribution in [0, 0.1) is 0 Å². The second-order valence-corrected chi connectivity index (χ2v) is 9.77. The fourth-order valence-electron chi connectivity index (χ4n) is 4.81. The minimum absolute atomic E-state index is 0.0109. The number of rotatable bonds is 6. The van der Waals surface area contributed by atoms with Crippen molar-refractivity contribution in [3.05, 3.63) is 70.4 Å². The number of ether oxygens (including phenoxy) is 1. The van der Waals surface area contributed by atoms with Crippen LogP contribution in [0.4, 0.5) is 0 Å². The maximum absolute atomic E-state index is 11.4. The molecule has 8 heteroatoms. The summed E-state index contributed by atoms with van der Waals surface area (Å²) >= 11 is 6.60. The van der Waals surface area contributed by atoms with Gasteiger partial charge >= 0.3 is 0 Å². The molecule has 0 bridgehead atoms. The number of hydrogen-bond acceptors (Lipinski definition) is 5. The van der Waals surface area contributed by atoms with Crippen LogP contribution in [0.3, 0.4) is 0 Å². The summed E-state index contributed by atoms with van der Waals surface area (Å²) in [7, 11) is 0. The van der Waals surface area contributed by atoms with E-state index in [1.54, 1.807) is 4.57 Å². The van der Waals surface area contributed by atoms with Crippen molar-refractivity contribution < 1.29 is 24.9 Å². The van der Waals surface area contributed by atoms with E-state index in [0.29, 0.717) is 17.4 Å². The van der Waals surface area contributed by atoms with E-state index in [4.69, 9.17) is 16.3 Å². The van der Waals surface area contributed by atoms with Crippen LogP contribution >= 0.6 is 11.6 Å². The van der Waals surface area contributed by atoms with E-state index >= 15 is 0 Å². The number of carbonyl (C=O) groups is 1. The molecule has 5 unspecified atom stereocenters. The van der Waals surface area contributed by atoms with Gasteiger partial charge < -0.3 is 29.9 Å². The molecule has 2 fully saturated rings. The molecule has 0 spiro atoms. The van der Waals surface area contributed by atoms with Gasteiger partial charge in [0.05, 0.1) is 10.5 Å². The number of nitrogens with one attached hydrogen (secondary N) is 1. The molecular weight excluding hydrogens is 456 g/mol. The van der Waals surface area contributed by atoms with E-state index in [1.807, 2.05) is 24.4 Å². The van der Waals surface area contributed by atoms with E-state index < -0.39 is 30.6 Å². The smallest absolute Gasteiger partial charge is 0.216 e. The lowest BCUT2D eigenvalue weighted by molar-refractivity contribution is -0.242. The number of aromatic nitrogens is 1. The van der Waals surface area contributed by atoms with Gasteiger partial charge in [0.1, 0.15) is 24.4 Å². The lowest BCUT2D eigenvalue weighted by Crippen LogP contribution is -2.58. The van der Waals surface area contributed by atoms with Crippen molar-refractivity contribution >= 4 is 28.4 Å². The Labute approximate surface area is 202 Å². The molecule has 2 aliphatic rings. The number of aliphatic hydroxyl groups is 3. The highest BCUT2D eigenvalue weighted by Gasteiger charge is 2.44. The third-order valence-electron chi connectivity index (χ3n) is 6.82. The Morgan fingerprint density at radius 3 is 2.50 bits per heavy atom. The van der Waals surface area contributed by atoms with Crippen LogP contribution in [0.15, 0.2) is 48.7 Å². The first-order valence-electron chi connectivity index (χ1n) is 11.6. The van der Waals surface area contributed by atoms with Gasteiger partial charge in [0.15, 0.2) is 6.23 Å². The van der Waals surface area contributed by atoms with E-state index in [2.05, 4.69) is 29.6 Å². The molecule has 0 radical (unpaired) electrons. The Hall–Kier alpha value is -2.42. The summed E-state index contributed by atoms with van der Waals surface area (Å²) in [5, 5.41) is 35.8. The number of carbonyl (C=O) groups excluding carboxylic acids is 1. The largest absolute Gasteiger partial charge is 0.388 e. The summed E-state index contributed by atoms with van der Waals surface area (Å²) in [5.41, 5.74) is 4.24. The standard InChI is InChI=1S/C26H29ClN2O5/c1-14(30)28-12-21-23(31)24(32)25(33)26(34-21)29-13-18(22-19(27)3-2-4-20(22)29)11-15-5-7-16(8-6-15)17-9-10-17/h2-8,13,17,21,23-26,31-33H,9-12H2,1H3,(H,28,30). The van der Waals surface area contributed by atoms with Crippen molar-refractivity contribution in [2.45, 2.75) is 62.7 Å². The van der Waals surface area contributed by atoms with Gasteiger partial charge in [-0.05, 0) is 54.0 Å². The average Bonchev–Trinajstić information content (AvgIpc) is 3.60. The number of halogens is 1. The maximum Gasteiger partial charge on any atom is 0.216 e. The fourth-order valence-corrected chi connectivity index (χ4v) is 5.10. The van der Waals surface area contributed by atoms with Crippen LogP contribution in [-0.2, 0) is 16.0 Å². The zero-order valence-corrected chi connectivity index (χ0v) is 19.7. The van der Waals surface area contributed by atoms with Crippen molar-refractivity contribution in [3.63, 3.8) is 0 Å². The molecule has 1 aromatic heterocycles. The van der Waals surface area contributed by atoms with E-state index in [1.165, 1.54) is 25.3 Å².